The van der Waals surface area contributed by atoms with Crippen molar-refractivity contribution in [3.8, 4) is 0 Å². The minimum Gasteiger partial charge on any atom is -0.450 e. The predicted octanol–water partition coefficient (Wildman–Crippen LogP) is 4.28. The highest BCUT2D eigenvalue weighted by Gasteiger charge is 2.64. The molecule has 1 saturated carbocycles. The molecule has 0 aromatic heterocycles. The molecule has 4 amide bonds. The Labute approximate surface area is 270 Å². The van der Waals surface area contributed by atoms with Crippen LogP contribution in [0.4, 0.5) is 9.59 Å². The lowest BCUT2D eigenvalue weighted by Crippen LogP contribution is -2.58. The van der Waals surface area contributed by atoms with Crippen LogP contribution in [0.5, 0.6) is 0 Å². The largest absolute Gasteiger partial charge is 0.450 e. The molecule has 3 heterocycles. The fourth-order valence-electron chi connectivity index (χ4n) is 6.93. The fourth-order valence-corrected chi connectivity index (χ4v) is 8.51. The van der Waals surface area contributed by atoms with E-state index in [9.17, 15) is 28.6 Å². The van der Waals surface area contributed by atoms with Crippen LogP contribution < -0.4 is 10.6 Å². The molecule has 4 bridgehead atoms. The van der Waals surface area contributed by atoms with Gasteiger partial charge in [-0.2, -0.15) is 0 Å². The van der Waals surface area contributed by atoms with E-state index in [1.807, 2.05) is 12.1 Å². The van der Waals surface area contributed by atoms with Gasteiger partial charge in [0.2, 0.25) is 19.2 Å². The molecule has 3 aliphatic heterocycles. The van der Waals surface area contributed by atoms with Gasteiger partial charge < -0.3 is 29.9 Å². The Bertz CT molecular complexity index is 1440. The molecular formula is C33H47N4O8P. The third kappa shape index (κ3) is 6.98. The van der Waals surface area contributed by atoms with Crippen LogP contribution in [0.3, 0.4) is 0 Å². The smallest absolute Gasteiger partial charge is 0.410 e. The van der Waals surface area contributed by atoms with Crippen LogP contribution in [0.25, 0.3) is 0 Å². The highest BCUT2D eigenvalue weighted by molar-refractivity contribution is 7.59. The van der Waals surface area contributed by atoms with Gasteiger partial charge >= 0.3 is 12.2 Å². The molecule has 13 heteroatoms. The zero-order valence-electron chi connectivity index (χ0n) is 27.3. The molecule has 6 atom stereocenters. The van der Waals surface area contributed by atoms with Gasteiger partial charge in [-0.3, -0.25) is 19.1 Å². The number of carbonyl (C=O) groups excluding carboxylic acids is 4. The van der Waals surface area contributed by atoms with Crippen molar-refractivity contribution in [2.75, 3.05) is 19.8 Å². The number of carbonyl (C=O) groups is 4. The van der Waals surface area contributed by atoms with Gasteiger partial charge in [0, 0.05) is 32.1 Å². The van der Waals surface area contributed by atoms with E-state index in [1.54, 1.807) is 31.7 Å². The lowest BCUT2D eigenvalue weighted by molar-refractivity contribution is -0.142. The fraction of sp³-hybridized carbons (Fsp3) is 0.636. The summed E-state index contributed by atoms with van der Waals surface area (Å²) in [5.74, 6) is -1.56. The first-order chi connectivity index (χ1) is 21.6. The zero-order chi connectivity index (χ0) is 33.4. The number of hydrogen-bond acceptors (Lipinski definition) is 7. The molecule has 1 unspecified atom stereocenters. The van der Waals surface area contributed by atoms with E-state index in [1.165, 1.54) is 17.1 Å². The Morgan fingerprint density at radius 1 is 1.15 bits per heavy atom. The molecule has 4 aliphatic rings. The van der Waals surface area contributed by atoms with Crippen LogP contribution >= 0.6 is 7.37 Å². The number of cyclic esters (lactones) is 1. The first-order valence-electron chi connectivity index (χ1n) is 16.2. The summed E-state index contributed by atoms with van der Waals surface area (Å²) in [4.78, 5) is 67.9. The summed E-state index contributed by atoms with van der Waals surface area (Å²) >= 11 is 0. The predicted molar refractivity (Wildman–Crippen MR) is 171 cm³/mol. The average Bonchev–Trinajstić information content (AvgIpc) is 3.30. The number of nitrogens with zero attached hydrogens (tertiary/aromatic N) is 2. The Balaban J connectivity index is 1.43. The molecule has 1 aliphatic carbocycles. The maximum absolute atomic E-state index is 14.2. The summed E-state index contributed by atoms with van der Waals surface area (Å²) in [6, 6.07) is 3.94. The second-order valence-electron chi connectivity index (χ2n) is 14.2. The van der Waals surface area contributed by atoms with E-state index in [2.05, 4.69) is 23.3 Å². The van der Waals surface area contributed by atoms with Crippen LogP contribution in [0.2, 0.25) is 0 Å². The zero-order valence-corrected chi connectivity index (χ0v) is 28.1. The summed E-state index contributed by atoms with van der Waals surface area (Å²) in [6.45, 7) is 11.3. The summed E-state index contributed by atoms with van der Waals surface area (Å²) in [5.41, 5.74) is 2.63. The molecule has 3 N–H and O–H groups in total. The van der Waals surface area contributed by atoms with Gasteiger partial charge in [-0.15, -0.1) is 6.58 Å². The van der Waals surface area contributed by atoms with Gasteiger partial charge in [-0.25, -0.2) is 9.59 Å². The number of aryl methyl sites for hydroxylation is 1. The van der Waals surface area contributed by atoms with Crippen molar-refractivity contribution in [1.29, 1.82) is 0 Å². The first kappa shape index (κ1) is 34.0. The Hall–Kier alpha value is -3.37. The Morgan fingerprint density at radius 2 is 1.87 bits per heavy atom. The number of hydrogen-bond donors (Lipinski definition) is 3. The van der Waals surface area contributed by atoms with Crippen molar-refractivity contribution < 1.29 is 38.1 Å². The normalized spacial score (nSPS) is 30.4. The molecule has 12 nitrogen and oxygen atoms in total. The second kappa shape index (κ2) is 13.0. The van der Waals surface area contributed by atoms with Crippen molar-refractivity contribution in [3.63, 3.8) is 0 Å². The van der Waals surface area contributed by atoms with Crippen molar-refractivity contribution in [1.82, 2.24) is 20.4 Å². The molecule has 252 valence electrons. The van der Waals surface area contributed by atoms with Crippen molar-refractivity contribution in [2.45, 2.75) is 102 Å². The number of amides is 4. The van der Waals surface area contributed by atoms with Crippen LogP contribution in [0.1, 0.15) is 76.0 Å². The van der Waals surface area contributed by atoms with Gasteiger partial charge in [-0.1, -0.05) is 57.9 Å². The molecule has 1 aromatic rings. The molecule has 0 radical (unpaired) electrons. The molecule has 2 fully saturated rings. The average molecular weight is 659 g/mol. The molecule has 5 rings (SSSR count). The van der Waals surface area contributed by atoms with Gasteiger partial charge in [-0.05, 0) is 47.8 Å². The molecule has 1 aromatic carbocycles. The highest BCUT2D eigenvalue weighted by atomic mass is 31.2. The third-order valence-electron chi connectivity index (χ3n) is 9.75. The Morgan fingerprint density at radius 3 is 2.54 bits per heavy atom. The lowest BCUT2D eigenvalue weighted by atomic mass is 9.85. The molecule has 46 heavy (non-hydrogen) atoms. The van der Waals surface area contributed by atoms with E-state index in [0.29, 0.717) is 19.5 Å². The number of ether oxygens (including phenoxy) is 2. The van der Waals surface area contributed by atoms with Gasteiger partial charge in [0.1, 0.15) is 23.5 Å². The Kier molecular flexibility index (Phi) is 9.62. The van der Waals surface area contributed by atoms with Crippen LogP contribution in [-0.4, -0.2) is 82.0 Å². The van der Waals surface area contributed by atoms with Crippen molar-refractivity contribution in [3.05, 3.63) is 47.5 Å². The van der Waals surface area contributed by atoms with Crippen LogP contribution in [-0.2, 0) is 43.1 Å². The molecule has 0 spiro atoms. The van der Waals surface area contributed by atoms with Crippen LogP contribution in [0, 0.1) is 11.3 Å². The minimum atomic E-state index is -3.80. The minimum absolute atomic E-state index is 0.00899. The number of fused-ring (bicyclic) bond motifs is 3. The van der Waals surface area contributed by atoms with E-state index in [4.69, 9.17) is 9.47 Å². The van der Waals surface area contributed by atoms with E-state index in [0.717, 1.165) is 36.8 Å². The van der Waals surface area contributed by atoms with E-state index in [-0.39, 0.29) is 26.0 Å². The summed E-state index contributed by atoms with van der Waals surface area (Å²) < 4.78 is 24.3. The summed E-state index contributed by atoms with van der Waals surface area (Å²) in [5, 5.41) is 4.11. The number of alkyl carbamates (subject to hydrolysis) is 1. The number of benzene rings is 1. The van der Waals surface area contributed by atoms with E-state index < -0.39 is 66.2 Å². The monoisotopic (exact) mass is 658 g/mol. The number of rotatable bonds is 4. The highest BCUT2D eigenvalue weighted by Crippen LogP contribution is 2.67. The number of nitrogens with one attached hydrogen (secondary N) is 2. The van der Waals surface area contributed by atoms with Gasteiger partial charge in [0.25, 0.3) is 0 Å². The van der Waals surface area contributed by atoms with E-state index >= 15 is 0 Å². The van der Waals surface area contributed by atoms with Gasteiger partial charge in [0.05, 0.1) is 13.2 Å². The summed E-state index contributed by atoms with van der Waals surface area (Å²) in [7, 11) is -3.80. The second-order valence-corrected chi connectivity index (χ2v) is 16.8. The molecular weight excluding hydrogens is 611 g/mol. The van der Waals surface area contributed by atoms with Crippen LogP contribution in [0.15, 0.2) is 30.9 Å². The van der Waals surface area contributed by atoms with Crippen molar-refractivity contribution >= 4 is 31.4 Å². The maximum atomic E-state index is 14.2. The van der Waals surface area contributed by atoms with Crippen molar-refractivity contribution in [2.24, 2.45) is 11.3 Å². The molecule has 1 saturated heterocycles. The first-order valence-corrected chi connectivity index (χ1v) is 18.3. The quantitative estimate of drug-likeness (QED) is 0.320. The standard InChI is InChI=1S/C33H47N4O8P/c1-6-23-17-33(23,46(5,42)43)35-28(38)26-16-24-19-37(26)29(39)27(32(2,3)4)34-30(40)44-15-10-8-7-9-12-21-13-11-14-22-18-36(20-25(21)22)31(41)45-24/h6,11,13-14,23-24,26-27H,1,7-10,12,15-20H2,2-5H3,(H,34,40)(H,35,38)(H,42,43)/t23-,24+,26-,27+,33-/m0/s1. The van der Waals surface area contributed by atoms with Gasteiger partial charge in [0.15, 0.2) is 0 Å². The maximum Gasteiger partial charge on any atom is 0.410 e. The summed E-state index contributed by atoms with van der Waals surface area (Å²) in [6.07, 6.45) is 4.06. The third-order valence-corrected chi connectivity index (χ3v) is 11.9. The SMILES string of the molecule is C=C[C@H]1C[C@]1(NC(=O)[C@@H]1C[C@@H]2CN1C(=O)[C@H](C(C)(C)C)NC(=O)OCCCCCCc1cccc3c1CN(C3)C(=O)O2)P(C)(=O)O. The lowest BCUT2D eigenvalue weighted by Gasteiger charge is -2.35. The topological polar surface area (TPSA) is 155 Å².